The molecular formula is C30H35ClN4O3. The fraction of sp³-hybridized carbons (Fsp3) is 0.500. The molecule has 2 fully saturated rings. The average molecular weight is 535 g/mol. The Balaban J connectivity index is 1.21. The third kappa shape index (κ3) is 4.34. The van der Waals surface area contributed by atoms with Crippen molar-refractivity contribution in [3.05, 3.63) is 68.7 Å². The van der Waals surface area contributed by atoms with Gasteiger partial charge in [0.25, 0.3) is 5.56 Å². The number of aliphatic carboxylic acids is 1. The Hall–Kier alpha value is -2.74. The lowest BCUT2D eigenvalue weighted by molar-refractivity contribution is -0.137. The Morgan fingerprint density at radius 2 is 1.82 bits per heavy atom. The fourth-order valence-electron chi connectivity index (χ4n) is 6.89. The molecule has 0 bridgehead atoms. The SMILES string of the molecule is CC1(C)c2ccc(C3CCN(C4CCN(CCC(=O)O)CC4)CC3)cc2-n2c1nc(=O)c1c(Cl)cccc12. The van der Waals surface area contributed by atoms with E-state index in [0.29, 0.717) is 28.9 Å². The first-order valence-electron chi connectivity index (χ1n) is 13.8. The highest BCUT2D eigenvalue weighted by Gasteiger charge is 2.39. The van der Waals surface area contributed by atoms with Crippen LogP contribution in [-0.2, 0) is 10.2 Å². The average Bonchev–Trinajstić information content (AvgIpc) is 3.14. The van der Waals surface area contributed by atoms with E-state index in [1.165, 1.54) is 11.1 Å². The zero-order valence-corrected chi connectivity index (χ0v) is 22.9. The van der Waals surface area contributed by atoms with Crippen LogP contribution in [0.5, 0.6) is 0 Å². The molecule has 1 aromatic heterocycles. The predicted octanol–water partition coefficient (Wildman–Crippen LogP) is 4.80. The summed E-state index contributed by atoms with van der Waals surface area (Å²) in [5.74, 6) is 0.560. The highest BCUT2D eigenvalue weighted by Crippen LogP contribution is 2.44. The molecule has 2 saturated heterocycles. The van der Waals surface area contributed by atoms with E-state index in [4.69, 9.17) is 16.7 Å². The first-order valence-corrected chi connectivity index (χ1v) is 14.2. The third-order valence-electron chi connectivity index (χ3n) is 9.08. The maximum Gasteiger partial charge on any atom is 0.304 e. The Morgan fingerprint density at radius 3 is 2.53 bits per heavy atom. The van der Waals surface area contributed by atoms with Crippen molar-refractivity contribution in [3.63, 3.8) is 0 Å². The molecule has 3 aromatic rings. The van der Waals surface area contributed by atoms with Crippen LogP contribution in [0.3, 0.4) is 0 Å². The lowest BCUT2D eigenvalue weighted by Gasteiger charge is -2.42. The van der Waals surface area contributed by atoms with E-state index in [-0.39, 0.29) is 17.4 Å². The number of carbonyl (C=O) groups is 1. The van der Waals surface area contributed by atoms with Gasteiger partial charge in [0.2, 0.25) is 0 Å². The number of fused-ring (bicyclic) bond motifs is 5. The van der Waals surface area contributed by atoms with Crippen LogP contribution in [0.4, 0.5) is 0 Å². The number of benzene rings is 2. The minimum atomic E-state index is -0.713. The van der Waals surface area contributed by atoms with Crippen LogP contribution < -0.4 is 5.56 Å². The normalized spacial score (nSPS) is 20.5. The number of carboxylic acid groups (broad SMARTS) is 1. The second-order valence-corrected chi connectivity index (χ2v) is 12.0. The van der Waals surface area contributed by atoms with Crippen molar-refractivity contribution in [2.45, 2.75) is 63.3 Å². The molecule has 1 N–H and O–H groups in total. The summed E-state index contributed by atoms with van der Waals surface area (Å²) in [6, 6.07) is 13.1. The van der Waals surface area contributed by atoms with Gasteiger partial charge in [-0.2, -0.15) is 4.98 Å². The zero-order valence-electron chi connectivity index (χ0n) is 22.1. The van der Waals surface area contributed by atoms with Crippen LogP contribution in [0.15, 0.2) is 41.2 Å². The van der Waals surface area contributed by atoms with Crippen molar-refractivity contribution in [3.8, 4) is 5.69 Å². The number of hydrogen-bond donors (Lipinski definition) is 1. The molecule has 8 heteroatoms. The molecule has 0 aliphatic carbocycles. The number of hydrogen-bond acceptors (Lipinski definition) is 5. The summed E-state index contributed by atoms with van der Waals surface area (Å²) < 4.78 is 2.15. The maximum absolute atomic E-state index is 12.9. The van der Waals surface area contributed by atoms with Gasteiger partial charge in [0.05, 0.1) is 33.4 Å². The summed E-state index contributed by atoms with van der Waals surface area (Å²) in [7, 11) is 0. The Labute approximate surface area is 228 Å². The molecule has 38 heavy (non-hydrogen) atoms. The van der Waals surface area contributed by atoms with Gasteiger partial charge in [-0.25, -0.2) is 0 Å². The van der Waals surface area contributed by atoms with Crippen LogP contribution in [0.1, 0.15) is 68.8 Å². The summed E-state index contributed by atoms with van der Waals surface area (Å²) in [6.07, 6.45) is 4.73. The lowest BCUT2D eigenvalue weighted by Crippen LogP contribution is -2.47. The fourth-order valence-corrected chi connectivity index (χ4v) is 7.14. The second kappa shape index (κ2) is 9.78. The van der Waals surface area contributed by atoms with Gasteiger partial charge in [-0.15, -0.1) is 0 Å². The van der Waals surface area contributed by atoms with Gasteiger partial charge in [-0.3, -0.25) is 14.2 Å². The van der Waals surface area contributed by atoms with Crippen molar-refractivity contribution >= 4 is 28.5 Å². The van der Waals surface area contributed by atoms with Crippen molar-refractivity contribution in [1.29, 1.82) is 0 Å². The summed E-state index contributed by atoms with van der Waals surface area (Å²) in [4.78, 5) is 33.3. The highest BCUT2D eigenvalue weighted by molar-refractivity contribution is 6.35. The standard InChI is InChI=1S/C30H35ClN4O3/c1-30(2)22-7-6-20(18-25(22)35-24-5-3-4-23(31)27(24)28(38)32-29(30)35)19-8-16-34(17-9-19)21-10-13-33(14-11-21)15-12-26(36)37/h3-7,18-19,21H,8-17H2,1-2H3,(H,36,37). The Morgan fingerprint density at radius 1 is 1.08 bits per heavy atom. The summed E-state index contributed by atoms with van der Waals surface area (Å²) in [5, 5.41) is 9.88. The minimum absolute atomic E-state index is 0.230. The largest absolute Gasteiger partial charge is 0.481 e. The van der Waals surface area contributed by atoms with Gasteiger partial charge >= 0.3 is 5.97 Å². The van der Waals surface area contributed by atoms with Gasteiger partial charge in [0, 0.05) is 12.6 Å². The van der Waals surface area contributed by atoms with E-state index in [0.717, 1.165) is 68.9 Å². The molecule has 6 rings (SSSR count). The van der Waals surface area contributed by atoms with Gasteiger partial charge < -0.3 is 14.9 Å². The Kier molecular flexibility index (Phi) is 6.57. The van der Waals surface area contributed by atoms with Gasteiger partial charge in [-0.1, -0.05) is 29.8 Å². The van der Waals surface area contributed by atoms with E-state index < -0.39 is 5.97 Å². The first kappa shape index (κ1) is 25.5. The lowest BCUT2D eigenvalue weighted by atomic mass is 9.82. The van der Waals surface area contributed by atoms with E-state index in [9.17, 15) is 9.59 Å². The van der Waals surface area contributed by atoms with Gasteiger partial charge in [0.15, 0.2) is 0 Å². The minimum Gasteiger partial charge on any atom is -0.481 e. The molecule has 0 atom stereocenters. The monoisotopic (exact) mass is 534 g/mol. The maximum atomic E-state index is 12.9. The first-order chi connectivity index (χ1) is 18.2. The van der Waals surface area contributed by atoms with Crippen LogP contribution >= 0.6 is 11.6 Å². The van der Waals surface area contributed by atoms with E-state index in [1.807, 2.05) is 12.1 Å². The molecule has 0 radical (unpaired) electrons. The molecule has 0 spiro atoms. The molecular weight excluding hydrogens is 500 g/mol. The molecule has 0 saturated carbocycles. The Bertz CT molecular complexity index is 1450. The number of likely N-dealkylation sites (tertiary alicyclic amines) is 2. The molecule has 7 nitrogen and oxygen atoms in total. The van der Waals surface area contributed by atoms with Crippen molar-refractivity contribution in [1.82, 2.24) is 19.4 Å². The number of carboxylic acids is 1. The van der Waals surface area contributed by atoms with E-state index in [2.05, 4.69) is 51.4 Å². The van der Waals surface area contributed by atoms with Crippen molar-refractivity contribution < 1.29 is 9.90 Å². The quantitative estimate of drug-likeness (QED) is 0.507. The predicted molar refractivity (Wildman–Crippen MR) is 150 cm³/mol. The topological polar surface area (TPSA) is 78.7 Å². The van der Waals surface area contributed by atoms with Gasteiger partial charge in [0.1, 0.15) is 5.82 Å². The second-order valence-electron chi connectivity index (χ2n) is 11.6. The van der Waals surface area contributed by atoms with Crippen LogP contribution in [-0.4, -0.2) is 69.2 Å². The summed E-state index contributed by atoms with van der Waals surface area (Å²) in [6.45, 7) is 9.11. The number of halogens is 1. The van der Waals surface area contributed by atoms with E-state index >= 15 is 0 Å². The molecule has 0 unspecified atom stereocenters. The third-order valence-corrected chi connectivity index (χ3v) is 9.39. The van der Waals surface area contributed by atoms with Crippen molar-refractivity contribution in [2.24, 2.45) is 0 Å². The van der Waals surface area contributed by atoms with Crippen LogP contribution in [0.2, 0.25) is 5.02 Å². The molecule has 0 amide bonds. The number of rotatable bonds is 5. The molecule has 200 valence electrons. The number of piperidine rings is 2. The van der Waals surface area contributed by atoms with Crippen LogP contribution in [0, 0.1) is 0 Å². The number of aromatic nitrogens is 2. The smallest absolute Gasteiger partial charge is 0.304 e. The number of nitrogens with zero attached hydrogens (tertiary/aromatic N) is 4. The van der Waals surface area contributed by atoms with Crippen molar-refractivity contribution in [2.75, 3.05) is 32.7 Å². The summed E-state index contributed by atoms with van der Waals surface area (Å²) in [5.41, 5.74) is 3.83. The van der Waals surface area contributed by atoms with Crippen LogP contribution in [0.25, 0.3) is 16.6 Å². The molecule has 2 aromatic carbocycles. The molecule has 3 aliphatic heterocycles. The molecule has 4 heterocycles. The summed E-state index contributed by atoms with van der Waals surface area (Å²) >= 11 is 6.44. The molecule has 3 aliphatic rings. The highest BCUT2D eigenvalue weighted by atomic mass is 35.5. The van der Waals surface area contributed by atoms with Gasteiger partial charge in [-0.05, 0) is 101 Å². The zero-order chi connectivity index (χ0) is 26.6. The van der Waals surface area contributed by atoms with E-state index in [1.54, 1.807) is 6.07 Å².